The van der Waals surface area contributed by atoms with Crippen LogP contribution in [0.1, 0.15) is 36.0 Å². The van der Waals surface area contributed by atoms with Crippen molar-refractivity contribution in [2.45, 2.75) is 38.3 Å². The van der Waals surface area contributed by atoms with E-state index in [9.17, 15) is 19.5 Å². The Hall–Kier alpha value is -3.07. The Kier molecular flexibility index (Phi) is 4.91. The number of carbonyl (C=O) groups is 2. The van der Waals surface area contributed by atoms with Gasteiger partial charge in [0.2, 0.25) is 5.91 Å². The summed E-state index contributed by atoms with van der Waals surface area (Å²) in [5.74, 6) is -1.24. The summed E-state index contributed by atoms with van der Waals surface area (Å²) in [7, 11) is 0. The quantitative estimate of drug-likeness (QED) is 0.681. The summed E-state index contributed by atoms with van der Waals surface area (Å²) in [5, 5.41) is 13.8. The molecule has 0 saturated heterocycles. The SMILES string of the molecule is O=C(Cn1c(-c2ccccn2)nc2scc(C(=O)O)c2c1=O)NC1CCCC1. The second-order valence-corrected chi connectivity index (χ2v) is 7.58. The molecule has 0 atom stereocenters. The molecule has 1 aliphatic carbocycles. The van der Waals surface area contributed by atoms with E-state index >= 15 is 0 Å². The van der Waals surface area contributed by atoms with Gasteiger partial charge >= 0.3 is 5.97 Å². The Morgan fingerprint density at radius 2 is 2.07 bits per heavy atom. The van der Waals surface area contributed by atoms with Crippen LogP contribution in [0, 0.1) is 0 Å². The molecule has 0 unspecified atom stereocenters. The van der Waals surface area contributed by atoms with Crippen LogP contribution in [0.4, 0.5) is 0 Å². The number of hydrogen-bond acceptors (Lipinski definition) is 6. The Balaban J connectivity index is 1.82. The Morgan fingerprint density at radius 3 is 2.75 bits per heavy atom. The first-order valence-electron chi connectivity index (χ1n) is 9.00. The summed E-state index contributed by atoms with van der Waals surface area (Å²) >= 11 is 1.09. The molecule has 144 valence electrons. The third-order valence-corrected chi connectivity index (χ3v) is 5.71. The Morgan fingerprint density at radius 1 is 1.29 bits per heavy atom. The van der Waals surface area contributed by atoms with Crippen molar-refractivity contribution < 1.29 is 14.7 Å². The number of carbonyl (C=O) groups excluding carboxylic acids is 1. The number of fused-ring (bicyclic) bond motifs is 1. The van der Waals surface area contributed by atoms with Crippen molar-refractivity contribution in [3.63, 3.8) is 0 Å². The van der Waals surface area contributed by atoms with Crippen molar-refractivity contribution >= 4 is 33.4 Å². The van der Waals surface area contributed by atoms with Gasteiger partial charge in [-0.1, -0.05) is 18.9 Å². The van der Waals surface area contributed by atoms with E-state index in [0.717, 1.165) is 37.0 Å². The standard InChI is InChI=1S/C19H18N4O4S/c24-14(21-11-5-1-2-6-11)9-23-16(13-7-3-4-8-20-13)22-17-15(18(23)25)12(10-28-17)19(26)27/h3-4,7-8,10-11H,1-2,5-6,9H2,(H,21,24)(H,26,27). The molecule has 3 aromatic rings. The van der Waals surface area contributed by atoms with Gasteiger partial charge in [0.15, 0.2) is 5.82 Å². The van der Waals surface area contributed by atoms with Gasteiger partial charge < -0.3 is 10.4 Å². The zero-order valence-corrected chi connectivity index (χ0v) is 15.7. The highest BCUT2D eigenvalue weighted by Gasteiger charge is 2.23. The minimum absolute atomic E-state index is 0.0193. The van der Waals surface area contributed by atoms with E-state index in [1.165, 1.54) is 9.95 Å². The number of aromatic carboxylic acids is 1. The van der Waals surface area contributed by atoms with Gasteiger partial charge in [-0.05, 0) is 25.0 Å². The number of nitrogens with zero attached hydrogens (tertiary/aromatic N) is 3. The highest BCUT2D eigenvalue weighted by Crippen LogP contribution is 2.24. The molecule has 3 aromatic heterocycles. The molecule has 2 N–H and O–H groups in total. The van der Waals surface area contributed by atoms with Gasteiger partial charge in [0, 0.05) is 17.6 Å². The lowest BCUT2D eigenvalue weighted by Crippen LogP contribution is -2.38. The number of hydrogen-bond donors (Lipinski definition) is 2. The van der Waals surface area contributed by atoms with Crippen molar-refractivity contribution in [3.05, 3.63) is 45.7 Å². The fraction of sp³-hybridized carbons (Fsp3) is 0.316. The van der Waals surface area contributed by atoms with Crippen LogP contribution in [0.2, 0.25) is 0 Å². The number of thiophene rings is 1. The van der Waals surface area contributed by atoms with E-state index in [2.05, 4.69) is 15.3 Å². The predicted octanol–water partition coefficient (Wildman–Crippen LogP) is 2.28. The summed E-state index contributed by atoms with van der Waals surface area (Å²) < 4.78 is 1.22. The molecule has 1 aliphatic rings. The lowest BCUT2D eigenvalue weighted by molar-refractivity contribution is -0.122. The highest BCUT2D eigenvalue weighted by atomic mass is 32.1. The first-order chi connectivity index (χ1) is 13.5. The maximum atomic E-state index is 13.1. The monoisotopic (exact) mass is 398 g/mol. The molecule has 1 fully saturated rings. The lowest BCUT2D eigenvalue weighted by atomic mass is 10.2. The highest BCUT2D eigenvalue weighted by molar-refractivity contribution is 7.17. The van der Waals surface area contributed by atoms with Crippen LogP contribution in [0.25, 0.3) is 21.7 Å². The first-order valence-corrected chi connectivity index (χ1v) is 9.88. The van der Waals surface area contributed by atoms with Crippen molar-refractivity contribution in [2.24, 2.45) is 0 Å². The van der Waals surface area contributed by atoms with Gasteiger partial charge in [-0.3, -0.25) is 19.1 Å². The summed E-state index contributed by atoms with van der Waals surface area (Å²) in [6, 6.07) is 5.32. The summed E-state index contributed by atoms with van der Waals surface area (Å²) in [5.41, 5.74) is -0.207. The van der Waals surface area contributed by atoms with Crippen LogP contribution < -0.4 is 10.9 Å². The topological polar surface area (TPSA) is 114 Å². The Bertz CT molecular complexity index is 1100. The molecule has 8 nitrogen and oxygen atoms in total. The number of aromatic nitrogens is 3. The molecule has 1 amide bonds. The van der Waals surface area contributed by atoms with Crippen LogP contribution in [0.3, 0.4) is 0 Å². The minimum atomic E-state index is -1.20. The van der Waals surface area contributed by atoms with Crippen LogP contribution >= 0.6 is 11.3 Å². The van der Waals surface area contributed by atoms with E-state index in [1.54, 1.807) is 24.4 Å². The second kappa shape index (κ2) is 7.51. The summed E-state index contributed by atoms with van der Waals surface area (Å²) in [6.45, 7) is -0.237. The number of carboxylic acids is 1. The van der Waals surface area contributed by atoms with Gasteiger partial charge in [0.05, 0.1) is 10.9 Å². The lowest BCUT2D eigenvalue weighted by Gasteiger charge is -2.15. The van der Waals surface area contributed by atoms with Gasteiger partial charge in [0.1, 0.15) is 17.1 Å². The normalized spacial score (nSPS) is 14.4. The zero-order valence-electron chi connectivity index (χ0n) is 14.9. The number of nitrogens with one attached hydrogen (secondary N) is 1. The molecule has 4 rings (SSSR count). The smallest absolute Gasteiger partial charge is 0.337 e. The van der Waals surface area contributed by atoms with E-state index in [1.807, 2.05) is 0 Å². The summed E-state index contributed by atoms with van der Waals surface area (Å²) in [4.78, 5) is 46.2. The van der Waals surface area contributed by atoms with Crippen LogP contribution in [-0.4, -0.2) is 37.6 Å². The molecule has 0 bridgehead atoms. The molecule has 0 aliphatic heterocycles. The number of pyridine rings is 1. The van der Waals surface area contributed by atoms with Crippen molar-refractivity contribution in [2.75, 3.05) is 0 Å². The van der Waals surface area contributed by atoms with E-state index in [-0.39, 0.29) is 35.3 Å². The first kappa shape index (κ1) is 18.3. The number of amides is 1. The largest absolute Gasteiger partial charge is 0.478 e. The van der Waals surface area contributed by atoms with Crippen molar-refractivity contribution in [1.82, 2.24) is 19.9 Å². The molecule has 28 heavy (non-hydrogen) atoms. The minimum Gasteiger partial charge on any atom is -0.478 e. The van der Waals surface area contributed by atoms with Crippen LogP contribution in [0.5, 0.6) is 0 Å². The second-order valence-electron chi connectivity index (χ2n) is 6.73. The fourth-order valence-electron chi connectivity index (χ4n) is 3.51. The average Bonchev–Trinajstić information content (AvgIpc) is 3.34. The van der Waals surface area contributed by atoms with Gasteiger partial charge in [0.25, 0.3) is 5.56 Å². The molecule has 9 heteroatoms. The Labute approximate surface area is 163 Å². The van der Waals surface area contributed by atoms with E-state index < -0.39 is 11.5 Å². The predicted molar refractivity (Wildman–Crippen MR) is 104 cm³/mol. The summed E-state index contributed by atoms with van der Waals surface area (Å²) in [6.07, 6.45) is 5.59. The molecule has 1 saturated carbocycles. The van der Waals surface area contributed by atoms with Gasteiger partial charge in [-0.25, -0.2) is 9.78 Å². The maximum absolute atomic E-state index is 13.1. The van der Waals surface area contributed by atoms with Gasteiger partial charge in [-0.15, -0.1) is 11.3 Å². The molecule has 3 heterocycles. The number of carboxylic acid groups (broad SMARTS) is 1. The maximum Gasteiger partial charge on any atom is 0.337 e. The molecular formula is C19H18N4O4S. The third kappa shape index (κ3) is 3.40. The fourth-order valence-corrected chi connectivity index (χ4v) is 4.41. The van der Waals surface area contributed by atoms with E-state index in [0.29, 0.717) is 10.5 Å². The van der Waals surface area contributed by atoms with Crippen molar-refractivity contribution in [3.8, 4) is 11.5 Å². The van der Waals surface area contributed by atoms with Crippen molar-refractivity contribution in [1.29, 1.82) is 0 Å². The number of rotatable bonds is 5. The van der Waals surface area contributed by atoms with E-state index in [4.69, 9.17) is 0 Å². The van der Waals surface area contributed by atoms with Gasteiger partial charge in [-0.2, -0.15) is 0 Å². The third-order valence-electron chi connectivity index (χ3n) is 4.84. The zero-order chi connectivity index (χ0) is 19.7. The molecule has 0 radical (unpaired) electrons. The average molecular weight is 398 g/mol. The molecular weight excluding hydrogens is 380 g/mol. The van der Waals surface area contributed by atoms with Crippen LogP contribution in [-0.2, 0) is 11.3 Å². The van der Waals surface area contributed by atoms with Crippen LogP contribution in [0.15, 0.2) is 34.6 Å². The molecule has 0 aromatic carbocycles. The molecule has 0 spiro atoms.